The third-order valence-corrected chi connectivity index (χ3v) is 5.84. The van der Waals surface area contributed by atoms with Gasteiger partial charge in [0.2, 0.25) is 0 Å². The number of rotatable bonds is 5. The minimum Gasteiger partial charge on any atom is -0.354 e. The highest BCUT2D eigenvalue weighted by atomic mass is 32.2. The minimum absolute atomic E-state index is 0.234. The fraction of sp³-hybridized carbons (Fsp3) is 0.0476. The van der Waals surface area contributed by atoms with Crippen LogP contribution in [-0.2, 0) is 0 Å². The molecule has 0 saturated heterocycles. The van der Waals surface area contributed by atoms with Crippen LogP contribution in [0.2, 0.25) is 0 Å². The molecule has 32 heavy (non-hydrogen) atoms. The highest BCUT2D eigenvalue weighted by Gasteiger charge is 2.20. The molecule has 3 aromatic carbocycles. The summed E-state index contributed by atoms with van der Waals surface area (Å²) in [6.45, 7) is 1.70. The lowest BCUT2D eigenvalue weighted by atomic mass is 10.1. The summed E-state index contributed by atoms with van der Waals surface area (Å²) in [6, 6.07) is 16.4. The van der Waals surface area contributed by atoms with Crippen molar-refractivity contribution in [2.45, 2.75) is 16.7 Å². The Labute approximate surface area is 185 Å². The average molecular weight is 449 g/mol. The standard InChI is InChI=1S/C21H15N5O5S/c1-12(13-6-7-20-18(10-13)22-17-4-2-3-5-19(17)32-20)23-24-21(27)14-8-15(25(28)29)11-16(9-14)26(30)31/h2-11,22H,1H3,(H,24,27)/b23-12-. The number of para-hydroxylation sites is 1. The van der Waals surface area contributed by atoms with Crippen molar-refractivity contribution >= 4 is 46.1 Å². The highest BCUT2D eigenvalue weighted by Crippen LogP contribution is 2.44. The molecule has 4 rings (SSSR count). The molecule has 1 aliphatic rings. The lowest BCUT2D eigenvalue weighted by Gasteiger charge is -2.21. The molecule has 1 heterocycles. The lowest BCUT2D eigenvalue weighted by molar-refractivity contribution is -0.394. The van der Waals surface area contributed by atoms with E-state index in [4.69, 9.17) is 0 Å². The number of nitrogens with zero attached hydrogens (tertiary/aromatic N) is 3. The number of nitro benzene ring substituents is 2. The molecule has 0 radical (unpaired) electrons. The maximum absolute atomic E-state index is 12.4. The van der Waals surface area contributed by atoms with Crippen molar-refractivity contribution in [1.29, 1.82) is 0 Å². The normalized spacial score (nSPS) is 12.2. The Bertz CT molecular complexity index is 1280. The lowest BCUT2D eigenvalue weighted by Crippen LogP contribution is -2.19. The number of nitro groups is 2. The van der Waals surface area contributed by atoms with Crippen LogP contribution in [0.25, 0.3) is 0 Å². The number of carbonyl (C=O) groups is 1. The summed E-state index contributed by atoms with van der Waals surface area (Å²) in [6.07, 6.45) is 0. The largest absolute Gasteiger partial charge is 0.354 e. The Kier molecular flexibility index (Phi) is 5.56. The molecule has 0 atom stereocenters. The van der Waals surface area contributed by atoms with E-state index >= 15 is 0 Å². The summed E-state index contributed by atoms with van der Waals surface area (Å²) < 4.78 is 0. The third-order valence-electron chi connectivity index (χ3n) is 4.69. The van der Waals surface area contributed by atoms with Crippen molar-refractivity contribution in [2.75, 3.05) is 5.32 Å². The van der Waals surface area contributed by atoms with Crippen LogP contribution in [-0.4, -0.2) is 21.5 Å². The number of anilines is 2. The summed E-state index contributed by atoms with van der Waals surface area (Å²) in [5.41, 5.74) is 4.11. The predicted octanol–water partition coefficient (Wildman–Crippen LogP) is 4.87. The van der Waals surface area contributed by atoms with Gasteiger partial charge in [-0.1, -0.05) is 30.0 Å². The molecule has 0 spiro atoms. The molecule has 0 saturated carbocycles. The number of hydrogen-bond acceptors (Lipinski definition) is 8. The van der Waals surface area contributed by atoms with E-state index in [1.54, 1.807) is 18.7 Å². The van der Waals surface area contributed by atoms with Crippen LogP contribution in [0.5, 0.6) is 0 Å². The van der Waals surface area contributed by atoms with Gasteiger partial charge in [-0.05, 0) is 36.8 Å². The van der Waals surface area contributed by atoms with E-state index in [1.807, 2.05) is 42.5 Å². The molecule has 160 valence electrons. The van der Waals surface area contributed by atoms with Crippen LogP contribution in [0.15, 0.2) is 75.6 Å². The van der Waals surface area contributed by atoms with Gasteiger partial charge in [-0.2, -0.15) is 5.10 Å². The van der Waals surface area contributed by atoms with Crippen molar-refractivity contribution in [3.63, 3.8) is 0 Å². The monoisotopic (exact) mass is 449 g/mol. The molecule has 0 bridgehead atoms. The first kappa shape index (κ1) is 21.0. The van der Waals surface area contributed by atoms with E-state index in [0.29, 0.717) is 5.71 Å². The molecule has 1 aliphatic heterocycles. The number of hydrogen-bond donors (Lipinski definition) is 2. The molecule has 0 aliphatic carbocycles. The van der Waals surface area contributed by atoms with Gasteiger partial charge in [0.1, 0.15) is 0 Å². The average Bonchev–Trinajstić information content (AvgIpc) is 2.80. The van der Waals surface area contributed by atoms with Crippen LogP contribution >= 0.6 is 11.8 Å². The number of fused-ring (bicyclic) bond motifs is 2. The Morgan fingerprint density at radius 3 is 2.25 bits per heavy atom. The fourth-order valence-electron chi connectivity index (χ4n) is 3.06. The van der Waals surface area contributed by atoms with Crippen molar-refractivity contribution in [2.24, 2.45) is 5.10 Å². The second-order valence-corrected chi connectivity index (χ2v) is 7.91. The maximum atomic E-state index is 12.4. The van der Waals surface area contributed by atoms with Gasteiger partial charge in [0, 0.05) is 21.9 Å². The molecule has 3 aromatic rings. The van der Waals surface area contributed by atoms with Gasteiger partial charge in [0.05, 0.1) is 38.6 Å². The Morgan fingerprint density at radius 1 is 0.906 bits per heavy atom. The van der Waals surface area contributed by atoms with E-state index in [1.165, 1.54) is 0 Å². The van der Waals surface area contributed by atoms with E-state index < -0.39 is 27.1 Å². The third kappa shape index (κ3) is 4.27. The number of amides is 1. The Morgan fingerprint density at radius 2 is 1.56 bits per heavy atom. The van der Waals surface area contributed by atoms with Crippen LogP contribution in [0.1, 0.15) is 22.8 Å². The van der Waals surface area contributed by atoms with E-state index in [2.05, 4.69) is 15.8 Å². The molecular formula is C21H15N5O5S. The van der Waals surface area contributed by atoms with E-state index in [-0.39, 0.29) is 5.56 Å². The Balaban J connectivity index is 1.54. The molecule has 0 aromatic heterocycles. The van der Waals surface area contributed by atoms with Crippen molar-refractivity contribution in [3.8, 4) is 0 Å². The topological polar surface area (TPSA) is 140 Å². The first-order valence-electron chi connectivity index (χ1n) is 9.28. The van der Waals surface area contributed by atoms with Crippen LogP contribution < -0.4 is 10.7 Å². The maximum Gasteiger partial charge on any atom is 0.277 e. The molecule has 11 heteroatoms. The van der Waals surface area contributed by atoms with Gasteiger partial charge in [0.15, 0.2) is 0 Å². The summed E-state index contributed by atoms with van der Waals surface area (Å²) >= 11 is 1.64. The summed E-state index contributed by atoms with van der Waals surface area (Å²) in [5, 5.41) is 29.4. The van der Waals surface area contributed by atoms with Crippen LogP contribution in [0.4, 0.5) is 22.7 Å². The summed E-state index contributed by atoms with van der Waals surface area (Å²) in [7, 11) is 0. The van der Waals surface area contributed by atoms with Gasteiger partial charge in [0.25, 0.3) is 17.3 Å². The predicted molar refractivity (Wildman–Crippen MR) is 120 cm³/mol. The summed E-state index contributed by atoms with van der Waals surface area (Å²) in [5.74, 6) is -0.795. The smallest absolute Gasteiger partial charge is 0.277 e. The fourth-order valence-corrected chi connectivity index (χ4v) is 4.03. The van der Waals surface area contributed by atoms with Gasteiger partial charge >= 0.3 is 0 Å². The zero-order valence-corrected chi connectivity index (χ0v) is 17.4. The molecular weight excluding hydrogens is 434 g/mol. The van der Waals surface area contributed by atoms with Gasteiger partial charge in [-0.3, -0.25) is 25.0 Å². The Hall–Kier alpha value is -4.25. The first-order chi connectivity index (χ1) is 15.3. The van der Waals surface area contributed by atoms with E-state index in [9.17, 15) is 25.0 Å². The second kappa shape index (κ2) is 8.47. The number of benzene rings is 3. The quantitative estimate of drug-likeness (QED) is 0.252. The molecule has 1 amide bonds. The van der Waals surface area contributed by atoms with Gasteiger partial charge in [-0.25, -0.2) is 5.43 Å². The molecule has 0 fully saturated rings. The number of nitrogens with one attached hydrogen (secondary N) is 2. The molecule has 2 N–H and O–H groups in total. The number of carbonyl (C=O) groups excluding carboxylic acids is 1. The first-order valence-corrected chi connectivity index (χ1v) is 10.1. The van der Waals surface area contributed by atoms with Gasteiger partial charge < -0.3 is 5.32 Å². The zero-order valence-electron chi connectivity index (χ0n) is 16.6. The second-order valence-electron chi connectivity index (χ2n) is 6.82. The summed E-state index contributed by atoms with van der Waals surface area (Å²) in [4.78, 5) is 35.0. The minimum atomic E-state index is -0.797. The number of hydrazone groups is 1. The molecule has 10 nitrogen and oxygen atoms in total. The van der Waals surface area contributed by atoms with Gasteiger partial charge in [-0.15, -0.1) is 0 Å². The zero-order chi connectivity index (χ0) is 22.8. The number of non-ortho nitro benzene ring substituents is 2. The SMILES string of the molecule is C/C(=N/NC(=O)c1cc([N+](=O)[O-])cc([N+](=O)[O-])c1)c1ccc2c(c1)Nc1ccccc1S2. The van der Waals surface area contributed by atoms with E-state index in [0.717, 1.165) is 44.9 Å². The van der Waals surface area contributed by atoms with Crippen LogP contribution in [0, 0.1) is 20.2 Å². The van der Waals surface area contributed by atoms with Crippen molar-refractivity contribution < 1.29 is 14.6 Å². The molecule has 0 unspecified atom stereocenters. The van der Waals surface area contributed by atoms with Crippen molar-refractivity contribution in [3.05, 3.63) is 92.0 Å². The van der Waals surface area contributed by atoms with Crippen molar-refractivity contribution in [1.82, 2.24) is 5.43 Å². The highest BCUT2D eigenvalue weighted by molar-refractivity contribution is 7.99. The van der Waals surface area contributed by atoms with Crippen LogP contribution in [0.3, 0.4) is 0 Å².